The van der Waals surface area contributed by atoms with Gasteiger partial charge in [0.15, 0.2) is 0 Å². The fraction of sp³-hybridized carbons (Fsp3) is 0.231. The Balaban J connectivity index is 2.48. The maximum absolute atomic E-state index is 10.7. The summed E-state index contributed by atoms with van der Waals surface area (Å²) in [5.41, 5.74) is 3.82. The largest absolute Gasteiger partial charge is 0.298 e. The van der Waals surface area contributed by atoms with Crippen LogP contribution in [0.2, 0.25) is 0 Å². The smallest absolute Gasteiger partial charge is 0.150 e. The predicted octanol–water partition coefficient (Wildman–Crippen LogP) is 2.69. The van der Waals surface area contributed by atoms with E-state index in [4.69, 9.17) is 0 Å². The Morgan fingerprint density at radius 1 is 1.44 bits per heavy atom. The van der Waals surface area contributed by atoms with Crippen LogP contribution >= 0.6 is 0 Å². The number of nitrogens with zero attached hydrogens (tertiary/aromatic N) is 2. The number of rotatable bonds is 3. The van der Waals surface area contributed by atoms with E-state index in [9.17, 15) is 4.79 Å². The fourth-order valence-electron chi connectivity index (χ4n) is 1.74. The van der Waals surface area contributed by atoms with Crippen molar-refractivity contribution in [2.45, 2.75) is 20.4 Å². The van der Waals surface area contributed by atoms with Gasteiger partial charge in [0.2, 0.25) is 0 Å². The molecule has 3 nitrogen and oxygen atoms in total. The number of hydrogen-bond donors (Lipinski definition) is 0. The van der Waals surface area contributed by atoms with E-state index in [1.54, 1.807) is 6.07 Å². The van der Waals surface area contributed by atoms with E-state index >= 15 is 0 Å². The number of aromatic nitrogens is 2. The summed E-state index contributed by atoms with van der Waals surface area (Å²) in [4.78, 5) is 10.7. The highest BCUT2D eigenvalue weighted by molar-refractivity contribution is 5.79. The minimum Gasteiger partial charge on any atom is -0.298 e. The van der Waals surface area contributed by atoms with Gasteiger partial charge in [-0.25, -0.2) is 0 Å². The zero-order valence-electron chi connectivity index (χ0n) is 9.47. The van der Waals surface area contributed by atoms with Crippen molar-refractivity contribution in [2.75, 3.05) is 0 Å². The van der Waals surface area contributed by atoms with Crippen LogP contribution in [0, 0.1) is 6.92 Å². The van der Waals surface area contributed by atoms with Gasteiger partial charge in [-0.15, -0.1) is 0 Å². The van der Waals surface area contributed by atoms with Gasteiger partial charge in [0, 0.05) is 23.9 Å². The van der Waals surface area contributed by atoms with E-state index < -0.39 is 0 Å². The average molecular weight is 214 g/mol. The molecule has 16 heavy (non-hydrogen) atoms. The highest BCUT2D eigenvalue weighted by atomic mass is 16.1. The number of benzene rings is 1. The summed E-state index contributed by atoms with van der Waals surface area (Å²) in [6, 6.07) is 7.58. The summed E-state index contributed by atoms with van der Waals surface area (Å²) < 4.78 is 1.90. The molecule has 3 heteroatoms. The van der Waals surface area contributed by atoms with Crippen LogP contribution in [0.3, 0.4) is 0 Å². The summed E-state index contributed by atoms with van der Waals surface area (Å²) >= 11 is 0. The molecule has 0 N–H and O–H groups in total. The van der Waals surface area contributed by atoms with E-state index in [0.717, 1.165) is 29.7 Å². The first-order valence-electron chi connectivity index (χ1n) is 5.34. The number of carbonyl (C=O) groups excluding carboxylic acids is 1. The SMILES string of the molecule is CCn1cc(-c2cccc(C=O)c2)c(C)n1. The molecule has 1 aromatic heterocycles. The normalized spacial score (nSPS) is 10.4. The zero-order valence-corrected chi connectivity index (χ0v) is 9.47. The van der Waals surface area contributed by atoms with Crippen molar-refractivity contribution < 1.29 is 4.79 Å². The molecule has 0 saturated carbocycles. The molecule has 1 heterocycles. The van der Waals surface area contributed by atoms with Gasteiger partial charge < -0.3 is 0 Å². The molecular weight excluding hydrogens is 200 g/mol. The Morgan fingerprint density at radius 2 is 2.25 bits per heavy atom. The second-order valence-electron chi connectivity index (χ2n) is 3.73. The lowest BCUT2D eigenvalue weighted by Gasteiger charge is -1.99. The Kier molecular flexibility index (Phi) is 2.86. The van der Waals surface area contributed by atoms with Crippen LogP contribution in [0.15, 0.2) is 30.5 Å². The summed E-state index contributed by atoms with van der Waals surface area (Å²) in [5.74, 6) is 0. The van der Waals surface area contributed by atoms with Crippen LogP contribution in [0.1, 0.15) is 23.0 Å². The van der Waals surface area contributed by atoms with Crippen molar-refractivity contribution in [1.82, 2.24) is 9.78 Å². The van der Waals surface area contributed by atoms with Crippen molar-refractivity contribution in [3.8, 4) is 11.1 Å². The molecular formula is C13H14N2O. The molecule has 0 spiro atoms. The minimum atomic E-state index is 0.696. The average Bonchev–Trinajstić information content (AvgIpc) is 2.71. The van der Waals surface area contributed by atoms with E-state index in [-0.39, 0.29) is 0 Å². The van der Waals surface area contributed by atoms with E-state index in [0.29, 0.717) is 5.56 Å². The summed E-state index contributed by atoms with van der Waals surface area (Å²) in [5, 5.41) is 4.39. The highest BCUT2D eigenvalue weighted by Gasteiger charge is 2.06. The second-order valence-corrected chi connectivity index (χ2v) is 3.73. The van der Waals surface area contributed by atoms with Crippen LogP contribution in [0.25, 0.3) is 11.1 Å². The van der Waals surface area contributed by atoms with E-state index in [1.807, 2.05) is 36.0 Å². The number of hydrogen-bond acceptors (Lipinski definition) is 2. The molecule has 82 valence electrons. The van der Waals surface area contributed by atoms with Crippen molar-refractivity contribution >= 4 is 6.29 Å². The van der Waals surface area contributed by atoms with Gasteiger partial charge in [0.25, 0.3) is 0 Å². The standard InChI is InChI=1S/C13H14N2O/c1-3-15-8-13(10(2)14-15)12-6-4-5-11(7-12)9-16/h4-9H,3H2,1-2H3. The highest BCUT2D eigenvalue weighted by Crippen LogP contribution is 2.22. The van der Waals surface area contributed by atoms with Gasteiger partial charge in [-0.2, -0.15) is 5.10 Å². The van der Waals surface area contributed by atoms with Crippen LogP contribution in [0.5, 0.6) is 0 Å². The zero-order chi connectivity index (χ0) is 11.5. The Hall–Kier alpha value is -1.90. The maximum Gasteiger partial charge on any atom is 0.150 e. The monoisotopic (exact) mass is 214 g/mol. The summed E-state index contributed by atoms with van der Waals surface area (Å²) in [6.07, 6.45) is 2.88. The van der Waals surface area contributed by atoms with Crippen molar-refractivity contribution in [3.63, 3.8) is 0 Å². The topological polar surface area (TPSA) is 34.9 Å². The predicted molar refractivity (Wildman–Crippen MR) is 63.5 cm³/mol. The van der Waals surface area contributed by atoms with Crippen molar-refractivity contribution in [1.29, 1.82) is 0 Å². The molecule has 0 radical (unpaired) electrons. The summed E-state index contributed by atoms with van der Waals surface area (Å²) in [6.45, 7) is 4.89. The van der Waals surface area contributed by atoms with Gasteiger partial charge >= 0.3 is 0 Å². The quantitative estimate of drug-likeness (QED) is 0.736. The Labute approximate surface area is 94.7 Å². The van der Waals surface area contributed by atoms with Crippen LogP contribution in [-0.2, 0) is 6.54 Å². The third-order valence-corrected chi connectivity index (χ3v) is 2.60. The first kappa shape index (κ1) is 10.6. The van der Waals surface area contributed by atoms with Crippen molar-refractivity contribution in [2.24, 2.45) is 0 Å². The van der Waals surface area contributed by atoms with Crippen molar-refractivity contribution in [3.05, 3.63) is 41.7 Å². The maximum atomic E-state index is 10.7. The van der Waals surface area contributed by atoms with E-state index in [1.165, 1.54) is 0 Å². The minimum absolute atomic E-state index is 0.696. The van der Waals surface area contributed by atoms with Gasteiger partial charge in [-0.1, -0.05) is 18.2 Å². The van der Waals surface area contributed by atoms with Crippen LogP contribution in [-0.4, -0.2) is 16.1 Å². The molecule has 0 unspecified atom stereocenters. The third kappa shape index (κ3) is 1.89. The molecule has 0 atom stereocenters. The van der Waals surface area contributed by atoms with Gasteiger partial charge in [0.1, 0.15) is 6.29 Å². The fourth-order valence-corrected chi connectivity index (χ4v) is 1.74. The Morgan fingerprint density at radius 3 is 2.88 bits per heavy atom. The van der Waals surface area contributed by atoms with Crippen LogP contribution in [0.4, 0.5) is 0 Å². The number of carbonyl (C=O) groups is 1. The molecule has 1 aromatic carbocycles. The lowest BCUT2D eigenvalue weighted by Crippen LogP contribution is -1.93. The van der Waals surface area contributed by atoms with Gasteiger partial charge in [0.05, 0.1) is 5.69 Å². The molecule has 0 bridgehead atoms. The first-order chi connectivity index (χ1) is 7.74. The second kappa shape index (κ2) is 4.31. The number of aldehydes is 1. The lowest BCUT2D eigenvalue weighted by molar-refractivity contribution is 0.112. The molecule has 0 aliphatic carbocycles. The van der Waals surface area contributed by atoms with E-state index in [2.05, 4.69) is 12.0 Å². The number of aryl methyl sites for hydroxylation is 2. The molecule has 0 aliphatic heterocycles. The lowest BCUT2D eigenvalue weighted by atomic mass is 10.0. The molecule has 0 aliphatic rings. The van der Waals surface area contributed by atoms with Gasteiger partial charge in [-0.3, -0.25) is 9.48 Å². The van der Waals surface area contributed by atoms with Gasteiger partial charge in [-0.05, 0) is 25.5 Å². The molecule has 2 rings (SSSR count). The Bertz CT molecular complexity index is 514. The molecule has 0 saturated heterocycles. The molecule has 2 aromatic rings. The molecule has 0 amide bonds. The first-order valence-corrected chi connectivity index (χ1v) is 5.34. The summed E-state index contributed by atoms with van der Waals surface area (Å²) in [7, 11) is 0. The molecule has 0 fully saturated rings. The third-order valence-electron chi connectivity index (χ3n) is 2.60. The van der Waals surface area contributed by atoms with Crippen LogP contribution < -0.4 is 0 Å².